The van der Waals surface area contributed by atoms with Gasteiger partial charge in [-0.3, -0.25) is 4.90 Å². The van der Waals surface area contributed by atoms with Crippen LogP contribution in [-0.2, 0) is 11.3 Å². The Morgan fingerprint density at radius 2 is 1.96 bits per heavy atom. The summed E-state index contributed by atoms with van der Waals surface area (Å²) in [5.41, 5.74) is 1.01. The van der Waals surface area contributed by atoms with Gasteiger partial charge in [-0.1, -0.05) is 30.3 Å². The molecule has 0 saturated carbocycles. The first kappa shape index (κ1) is 17.2. The van der Waals surface area contributed by atoms with Gasteiger partial charge < -0.3 is 14.7 Å². The molecule has 0 aromatic heterocycles. The van der Waals surface area contributed by atoms with Crippen LogP contribution in [-0.4, -0.2) is 59.3 Å². The van der Waals surface area contributed by atoms with E-state index in [1.54, 1.807) is 0 Å². The van der Waals surface area contributed by atoms with Gasteiger partial charge in [-0.25, -0.2) is 4.79 Å². The summed E-state index contributed by atoms with van der Waals surface area (Å²) >= 11 is 0. The summed E-state index contributed by atoms with van der Waals surface area (Å²) in [5.74, 6) is 0. The number of aliphatic hydroxyl groups is 1. The molecule has 2 fully saturated rings. The van der Waals surface area contributed by atoms with Crippen molar-refractivity contribution >= 4 is 6.09 Å². The number of ether oxygens (including phenoxy) is 1. The van der Waals surface area contributed by atoms with Gasteiger partial charge in [0.25, 0.3) is 0 Å². The maximum absolute atomic E-state index is 12.5. The molecule has 1 amide bonds. The van der Waals surface area contributed by atoms with Crippen LogP contribution in [0.3, 0.4) is 0 Å². The average molecular weight is 332 g/mol. The number of nitrogens with zero attached hydrogens (tertiary/aromatic N) is 2. The van der Waals surface area contributed by atoms with Gasteiger partial charge in [-0.2, -0.15) is 0 Å². The predicted molar refractivity (Wildman–Crippen MR) is 92.7 cm³/mol. The molecule has 1 aromatic rings. The smallest absolute Gasteiger partial charge is 0.410 e. The first-order valence-electron chi connectivity index (χ1n) is 9.10. The van der Waals surface area contributed by atoms with Gasteiger partial charge in [-0.05, 0) is 44.2 Å². The number of likely N-dealkylation sites (tertiary alicyclic amines) is 2. The van der Waals surface area contributed by atoms with Crippen LogP contribution in [0.25, 0.3) is 0 Å². The first-order chi connectivity index (χ1) is 11.7. The molecule has 0 spiro atoms. The molecule has 0 aliphatic carbocycles. The van der Waals surface area contributed by atoms with Crippen LogP contribution in [0.15, 0.2) is 30.3 Å². The number of benzene rings is 1. The molecule has 132 valence electrons. The Morgan fingerprint density at radius 3 is 2.75 bits per heavy atom. The van der Waals surface area contributed by atoms with Crippen LogP contribution < -0.4 is 0 Å². The fraction of sp³-hybridized carbons (Fsp3) is 0.632. The SMILES string of the molecule is O=C(OCc1ccccc1)N1CCCCC1CN1CCC[C@@H](O)C1. The number of hydrogen-bond acceptors (Lipinski definition) is 4. The molecule has 2 aliphatic heterocycles. The molecule has 0 radical (unpaired) electrons. The van der Waals surface area contributed by atoms with Crippen molar-refractivity contribution in [2.45, 2.75) is 50.9 Å². The summed E-state index contributed by atoms with van der Waals surface area (Å²) in [6, 6.07) is 10.0. The first-order valence-corrected chi connectivity index (χ1v) is 9.10. The molecule has 5 nitrogen and oxygen atoms in total. The minimum absolute atomic E-state index is 0.201. The Balaban J connectivity index is 1.54. The van der Waals surface area contributed by atoms with Gasteiger partial charge in [-0.15, -0.1) is 0 Å². The fourth-order valence-electron chi connectivity index (χ4n) is 3.73. The minimum Gasteiger partial charge on any atom is -0.445 e. The Kier molecular flexibility index (Phi) is 6.10. The average Bonchev–Trinajstić information content (AvgIpc) is 2.61. The van der Waals surface area contributed by atoms with Crippen LogP contribution in [0.4, 0.5) is 4.79 Å². The number of piperidine rings is 2. The van der Waals surface area contributed by atoms with E-state index in [1.807, 2.05) is 35.2 Å². The van der Waals surface area contributed by atoms with Crippen LogP contribution in [0.5, 0.6) is 0 Å². The Hall–Kier alpha value is -1.59. The third-order valence-electron chi connectivity index (χ3n) is 5.02. The third-order valence-corrected chi connectivity index (χ3v) is 5.02. The van der Waals surface area contributed by atoms with Crippen molar-refractivity contribution < 1.29 is 14.6 Å². The molecule has 0 bridgehead atoms. The molecule has 2 aliphatic rings. The largest absolute Gasteiger partial charge is 0.445 e. The second-order valence-corrected chi connectivity index (χ2v) is 6.94. The third kappa shape index (κ3) is 4.71. The summed E-state index contributed by atoms with van der Waals surface area (Å²) in [7, 11) is 0. The van der Waals surface area contributed by atoms with E-state index in [4.69, 9.17) is 4.74 Å². The zero-order chi connectivity index (χ0) is 16.8. The summed E-state index contributed by atoms with van der Waals surface area (Å²) in [6.07, 6.45) is 4.72. The molecule has 2 atom stereocenters. The number of carbonyl (C=O) groups is 1. The van der Waals surface area contributed by atoms with Crippen molar-refractivity contribution in [3.63, 3.8) is 0 Å². The summed E-state index contributed by atoms with van der Waals surface area (Å²) in [6.45, 7) is 3.68. The lowest BCUT2D eigenvalue weighted by atomic mass is 10.0. The standard InChI is InChI=1S/C19H28N2O3/c22-18-10-6-11-20(14-18)13-17-9-4-5-12-21(17)19(23)24-15-16-7-2-1-3-8-16/h1-3,7-8,17-18,22H,4-6,9-15H2/t17?,18-/m1/s1. The van der Waals surface area contributed by atoms with Gasteiger partial charge in [0.1, 0.15) is 6.61 Å². The highest BCUT2D eigenvalue weighted by atomic mass is 16.6. The molecule has 3 rings (SSSR count). The van der Waals surface area contributed by atoms with Crippen LogP contribution in [0.2, 0.25) is 0 Å². The molecule has 1 aromatic carbocycles. The van der Waals surface area contributed by atoms with Crippen LogP contribution >= 0.6 is 0 Å². The minimum atomic E-state index is -0.221. The number of aliphatic hydroxyl groups excluding tert-OH is 1. The van der Waals surface area contributed by atoms with E-state index in [2.05, 4.69) is 4.90 Å². The van der Waals surface area contributed by atoms with E-state index in [9.17, 15) is 9.90 Å². The van der Waals surface area contributed by atoms with E-state index in [1.165, 1.54) is 0 Å². The van der Waals surface area contributed by atoms with Crippen LogP contribution in [0, 0.1) is 0 Å². The highest BCUT2D eigenvalue weighted by Crippen LogP contribution is 2.21. The monoisotopic (exact) mass is 332 g/mol. The number of amides is 1. The summed E-state index contributed by atoms with van der Waals surface area (Å²) in [4.78, 5) is 16.7. The summed E-state index contributed by atoms with van der Waals surface area (Å²) < 4.78 is 5.53. The van der Waals surface area contributed by atoms with Crippen molar-refractivity contribution in [2.75, 3.05) is 26.2 Å². The van der Waals surface area contributed by atoms with E-state index < -0.39 is 0 Å². The number of rotatable bonds is 4. The Labute approximate surface area is 144 Å². The van der Waals surface area contributed by atoms with Gasteiger partial charge >= 0.3 is 6.09 Å². The molecule has 1 N–H and O–H groups in total. The molecule has 2 saturated heterocycles. The van der Waals surface area contributed by atoms with Crippen molar-refractivity contribution in [1.82, 2.24) is 9.80 Å². The van der Waals surface area contributed by atoms with E-state index in [-0.39, 0.29) is 18.2 Å². The van der Waals surface area contributed by atoms with Crippen molar-refractivity contribution in [3.8, 4) is 0 Å². The van der Waals surface area contributed by atoms with Gasteiger partial charge in [0.15, 0.2) is 0 Å². The van der Waals surface area contributed by atoms with Gasteiger partial charge in [0, 0.05) is 25.7 Å². The van der Waals surface area contributed by atoms with Gasteiger partial charge in [0.05, 0.1) is 6.10 Å². The molecule has 1 unspecified atom stereocenters. The number of hydrogen-bond donors (Lipinski definition) is 1. The molecule has 2 heterocycles. The fourth-order valence-corrected chi connectivity index (χ4v) is 3.73. The molecule has 5 heteroatoms. The Bertz CT molecular complexity index is 523. The van der Waals surface area contributed by atoms with Crippen molar-refractivity contribution in [1.29, 1.82) is 0 Å². The molecular weight excluding hydrogens is 304 g/mol. The topological polar surface area (TPSA) is 53.0 Å². The Morgan fingerprint density at radius 1 is 1.12 bits per heavy atom. The second-order valence-electron chi connectivity index (χ2n) is 6.94. The van der Waals surface area contributed by atoms with Crippen LogP contribution in [0.1, 0.15) is 37.7 Å². The highest BCUT2D eigenvalue weighted by molar-refractivity contribution is 5.68. The van der Waals surface area contributed by atoms with E-state index in [0.717, 1.165) is 63.8 Å². The maximum atomic E-state index is 12.5. The quantitative estimate of drug-likeness (QED) is 0.921. The van der Waals surface area contributed by atoms with Crippen molar-refractivity contribution in [3.05, 3.63) is 35.9 Å². The predicted octanol–water partition coefficient (Wildman–Crippen LogP) is 2.63. The normalized spacial score (nSPS) is 25.5. The lowest BCUT2D eigenvalue weighted by molar-refractivity contribution is 0.0317. The van der Waals surface area contributed by atoms with Gasteiger partial charge in [0.2, 0.25) is 0 Å². The maximum Gasteiger partial charge on any atom is 0.410 e. The lowest BCUT2D eigenvalue weighted by Crippen LogP contribution is -2.51. The van der Waals surface area contributed by atoms with E-state index in [0.29, 0.717) is 6.61 Å². The second kappa shape index (κ2) is 8.49. The van der Waals surface area contributed by atoms with Crippen molar-refractivity contribution in [2.24, 2.45) is 0 Å². The zero-order valence-electron chi connectivity index (χ0n) is 14.3. The number of β-amino-alcohol motifs (C(OH)–C–C–N with tert-alkyl or cyclic N) is 1. The lowest BCUT2D eigenvalue weighted by Gasteiger charge is -2.39. The summed E-state index contributed by atoms with van der Waals surface area (Å²) in [5, 5.41) is 9.85. The van der Waals surface area contributed by atoms with E-state index >= 15 is 0 Å². The zero-order valence-corrected chi connectivity index (χ0v) is 14.3. The molecular formula is C19H28N2O3. The highest BCUT2D eigenvalue weighted by Gasteiger charge is 2.30. The number of carbonyl (C=O) groups excluding carboxylic acids is 1. The molecule has 24 heavy (non-hydrogen) atoms.